The molecule has 0 N–H and O–H groups in total. The predicted molar refractivity (Wildman–Crippen MR) is 75.3 cm³/mol. The summed E-state index contributed by atoms with van der Waals surface area (Å²) in [6, 6.07) is 9.04. The number of aryl methyl sites for hydroxylation is 2. The molecule has 2 rings (SSSR count). The lowest BCUT2D eigenvalue weighted by Crippen LogP contribution is -2.05. The molecule has 0 spiro atoms. The summed E-state index contributed by atoms with van der Waals surface area (Å²) in [5.41, 5.74) is 2.88. The van der Waals surface area contributed by atoms with Crippen LogP contribution < -0.4 is 0 Å². The predicted octanol–water partition coefficient (Wildman–Crippen LogP) is 5.29. The smallest absolute Gasteiger partial charge is 0.0279 e. The van der Waals surface area contributed by atoms with Crippen molar-refractivity contribution in [2.24, 2.45) is 5.92 Å². The van der Waals surface area contributed by atoms with E-state index in [0.717, 1.165) is 5.92 Å². The minimum atomic E-state index is 1.06. The number of unbranched alkanes of at least 4 members (excludes halogenated alkanes) is 1. The van der Waals surface area contributed by atoms with Gasteiger partial charge in [-0.15, -0.1) is 0 Å². The van der Waals surface area contributed by atoms with Gasteiger partial charge in [-0.2, -0.15) is 0 Å². The quantitative estimate of drug-likeness (QED) is 0.603. The lowest BCUT2D eigenvalue weighted by atomic mass is 9.85. The Kier molecular flexibility index (Phi) is 5.09. The van der Waals surface area contributed by atoms with E-state index in [1.807, 2.05) is 0 Å². The van der Waals surface area contributed by atoms with Gasteiger partial charge in [-0.1, -0.05) is 74.8 Å². The summed E-state index contributed by atoms with van der Waals surface area (Å²) in [6.07, 6.45) is 13.0. The molecule has 1 aliphatic carbocycles. The Balaban J connectivity index is 1.60. The Hall–Kier alpha value is -0.780. The molecule has 1 aliphatic rings. The normalized spacial score (nSPS) is 17.2. The van der Waals surface area contributed by atoms with Gasteiger partial charge in [-0.25, -0.2) is 0 Å². The average Bonchev–Trinajstić information content (AvgIpc) is 2.38. The van der Waals surface area contributed by atoms with Crippen LogP contribution in [0.15, 0.2) is 24.3 Å². The monoisotopic (exact) mass is 230 g/mol. The third kappa shape index (κ3) is 4.53. The summed E-state index contributed by atoms with van der Waals surface area (Å²) in [6.45, 7) is 2.16. The lowest BCUT2D eigenvalue weighted by Gasteiger charge is -2.21. The molecule has 0 radical (unpaired) electrons. The Labute approximate surface area is 106 Å². The molecule has 1 saturated carbocycles. The Morgan fingerprint density at radius 1 is 0.941 bits per heavy atom. The lowest BCUT2D eigenvalue weighted by molar-refractivity contribution is 0.330. The number of rotatable bonds is 5. The second-order valence-electron chi connectivity index (χ2n) is 5.74. The number of hydrogen-bond acceptors (Lipinski definition) is 0. The second kappa shape index (κ2) is 6.83. The van der Waals surface area contributed by atoms with Crippen LogP contribution in [-0.4, -0.2) is 0 Å². The van der Waals surface area contributed by atoms with Crippen LogP contribution >= 0.6 is 0 Å². The first-order chi connectivity index (χ1) is 8.34. The largest absolute Gasteiger partial charge is 0.0591 e. The van der Waals surface area contributed by atoms with E-state index in [0.29, 0.717) is 0 Å². The summed E-state index contributed by atoms with van der Waals surface area (Å²) in [5.74, 6) is 1.06. The summed E-state index contributed by atoms with van der Waals surface area (Å²) < 4.78 is 0. The van der Waals surface area contributed by atoms with E-state index in [-0.39, 0.29) is 0 Å². The molecule has 0 atom stereocenters. The third-order valence-electron chi connectivity index (χ3n) is 4.17. The van der Waals surface area contributed by atoms with Gasteiger partial charge in [0.05, 0.1) is 0 Å². The molecule has 0 heteroatoms. The number of hydrogen-bond donors (Lipinski definition) is 0. The van der Waals surface area contributed by atoms with E-state index in [1.54, 1.807) is 0 Å². The maximum atomic E-state index is 2.29. The topological polar surface area (TPSA) is 0 Å². The van der Waals surface area contributed by atoms with Crippen molar-refractivity contribution >= 4 is 0 Å². The Morgan fingerprint density at radius 3 is 2.35 bits per heavy atom. The van der Waals surface area contributed by atoms with Crippen molar-refractivity contribution in [3.05, 3.63) is 35.4 Å². The molecule has 0 heterocycles. The van der Waals surface area contributed by atoms with Gasteiger partial charge in [0.2, 0.25) is 0 Å². The second-order valence-corrected chi connectivity index (χ2v) is 5.74. The summed E-state index contributed by atoms with van der Waals surface area (Å²) >= 11 is 0. The van der Waals surface area contributed by atoms with Gasteiger partial charge in [-0.3, -0.25) is 0 Å². The maximum Gasteiger partial charge on any atom is -0.0279 e. The molecule has 0 amide bonds. The Morgan fingerprint density at radius 2 is 1.65 bits per heavy atom. The summed E-state index contributed by atoms with van der Waals surface area (Å²) in [4.78, 5) is 0. The molecule has 1 fully saturated rings. The summed E-state index contributed by atoms with van der Waals surface area (Å²) in [7, 11) is 0. The molecule has 0 bridgehead atoms. The molecule has 1 aromatic rings. The van der Waals surface area contributed by atoms with Gasteiger partial charge >= 0.3 is 0 Å². The van der Waals surface area contributed by atoms with Crippen LogP contribution in [0.5, 0.6) is 0 Å². The zero-order valence-corrected chi connectivity index (χ0v) is 11.3. The fourth-order valence-corrected chi connectivity index (χ4v) is 2.99. The summed E-state index contributed by atoms with van der Waals surface area (Å²) in [5, 5.41) is 0. The zero-order chi connectivity index (χ0) is 11.9. The highest BCUT2D eigenvalue weighted by atomic mass is 14.2. The van der Waals surface area contributed by atoms with E-state index in [4.69, 9.17) is 0 Å². The first-order valence-corrected chi connectivity index (χ1v) is 7.40. The molecular weight excluding hydrogens is 204 g/mol. The van der Waals surface area contributed by atoms with Crippen LogP contribution in [0, 0.1) is 12.8 Å². The van der Waals surface area contributed by atoms with Gasteiger partial charge in [0.15, 0.2) is 0 Å². The van der Waals surface area contributed by atoms with E-state index in [9.17, 15) is 0 Å². The molecule has 0 saturated heterocycles. The van der Waals surface area contributed by atoms with E-state index >= 15 is 0 Å². The van der Waals surface area contributed by atoms with Gasteiger partial charge in [0.1, 0.15) is 0 Å². The highest BCUT2D eigenvalue weighted by molar-refractivity contribution is 5.21. The molecule has 0 aliphatic heterocycles. The minimum Gasteiger partial charge on any atom is -0.0591 e. The van der Waals surface area contributed by atoms with Crippen LogP contribution in [0.25, 0.3) is 0 Å². The van der Waals surface area contributed by atoms with Crippen LogP contribution in [0.4, 0.5) is 0 Å². The van der Waals surface area contributed by atoms with Crippen molar-refractivity contribution < 1.29 is 0 Å². The van der Waals surface area contributed by atoms with Crippen molar-refractivity contribution in [3.8, 4) is 0 Å². The third-order valence-corrected chi connectivity index (χ3v) is 4.17. The van der Waals surface area contributed by atoms with Crippen LogP contribution in [-0.2, 0) is 6.42 Å². The zero-order valence-electron chi connectivity index (χ0n) is 11.3. The standard InChI is InChI=1S/C17H26/c1-15-11-13-17(14-12-15)10-6-5-9-16-7-3-2-4-8-16/h11-14,16H,2-10H2,1H3. The first kappa shape index (κ1) is 12.7. The highest BCUT2D eigenvalue weighted by Crippen LogP contribution is 2.27. The maximum absolute atomic E-state index is 2.29. The van der Waals surface area contributed by atoms with E-state index in [1.165, 1.54) is 68.9 Å². The van der Waals surface area contributed by atoms with Gasteiger partial charge in [0.25, 0.3) is 0 Å². The van der Waals surface area contributed by atoms with Crippen LogP contribution in [0.3, 0.4) is 0 Å². The molecular formula is C17H26. The molecule has 1 aromatic carbocycles. The minimum absolute atomic E-state index is 1.06. The van der Waals surface area contributed by atoms with Gasteiger partial charge in [-0.05, 0) is 31.2 Å². The Bertz CT molecular complexity index is 303. The number of benzene rings is 1. The molecule has 94 valence electrons. The van der Waals surface area contributed by atoms with Crippen molar-refractivity contribution in [2.45, 2.75) is 64.7 Å². The van der Waals surface area contributed by atoms with Crippen molar-refractivity contribution in [2.75, 3.05) is 0 Å². The molecule has 17 heavy (non-hydrogen) atoms. The van der Waals surface area contributed by atoms with Crippen LogP contribution in [0.2, 0.25) is 0 Å². The fourth-order valence-electron chi connectivity index (χ4n) is 2.99. The first-order valence-electron chi connectivity index (χ1n) is 7.40. The van der Waals surface area contributed by atoms with Gasteiger partial charge in [0, 0.05) is 0 Å². The molecule has 0 nitrogen and oxygen atoms in total. The van der Waals surface area contributed by atoms with E-state index < -0.39 is 0 Å². The van der Waals surface area contributed by atoms with Crippen molar-refractivity contribution in [1.29, 1.82) is 0 Å². The molecule has 0 aromatic heterocycles. The fraction of sp³-hybridized carbons (Fsp3) is 0.647. The van der Waals surface area contributed by atoms with Crippen molar-refractivity contribution in [1.82, 2.24) is 0 Å². The SMILES string of the molecule is Cc1ccc(CCCCC2CCCCC2)cc1. The van der Waals surface area contributed by atoms with Crippen LogP contribution in [0.1, 0.15) is 62.5 Å². The average molecular weight is 230 g/mol. The van der Waals surface area contributed by atoms with Gasteiger partial charge < -0.3 is 0 Å². The van der Waals surface area contributed by atoms with E-state index in [2.05, 4.69) is 31.2 Å². The molecule has 0 unspecified atom stereocenters. The van der Waals surface area contributed by atoms with Crippen molar-refractivity contribution in [3.63, 3.8) is 0 Å². The highest BCUT2D eigenvalue weighted by Gasteiger charge is 2.12.